The first kappa shape index (κ1) is 18.2. The highest BCUT2D eigenvalue weighted by Crippen LogP contribution is 2.38. The van der Waals surface area contributed by atoms with Gasteiger partial charge < -0.3 is 21.5 Å². The predicted molar refractivity (Wildman–Crippen MR) is 98.4 cm³/mol. The highest BCUT2D eigenvalue weighted by molar-refractivity contribution is 8.00. The number of aliphatic carboxylic acids is 1. The molecule has 5 N–H and O–H groups in total. The van der Waals surface area contributed by atoms with Crippen LogP contribution in [0.5, 0.6) is 0 Å². The lowest BCUT2D eigenvalue weighted by Gasteiger charge is -2.11. The van der Waals surface area contributed by atoms with Crippen molar-refractivity contribution >= 4 is 45.9 Å². The number of anilines is 1. The van der Waals surface area contributed by atoms with Crippen LogP contribution in [-0.2, 0) is 22.4 Å². The SMILES string of the molecule is NC(=O)c1c(NC(=O)CSC2CNC(C(=O)O)C2)sc2c1CCCC2. The number of carbonyl (C=O) groups is 3. The van der Waals surface area contributed by atoms with Gasteiger partial charge in [0.1, 0.15) is 11.0 Å². The first-order chi connectivity index (χ1) is 12.0. The van der Waals surface area contributed by atoms with Crippen molar-refractivity contribution in [3.05, 3.63) is 16.0 Å². The Hall–Kier alpha value is -1.58. The number of nitrogens with one attached hydrogen (secondary N) is 2. The van der Waals surface area contributed by atoms with Crippen LogP contribution in [0.3, 0.4) is 0 Å². The quantitative estimate of drug-likeness (QED) is 0.586. The van der Waals surface area contributed by atoms with E-state index in [1.54, 1.807) is 0 Å². The molecule has 1 aliphatic heterocycles. The Kier molecular flexibility index (Phi) is 5.65. The Morgan fingerprint density at radius 1 is 1.32 bits per heavy atom. The van der Waals surface area contributed by atoms with Crippen molar-refractivity contribution in [3.8, 4) is 0 Å². The fourth-order valence-corrected chi connectivity index (χ4v) is 5.60. The van der Waals surface area contributed by atoms with Gasteiger partial charge in [0.2, 0.25) is 5.91 Å². The van der Waals surface area contributed by atoms with E-state index in [1.165, 1.54) is 23.1 Å². The van der Waals surface area contributed by atoms with Gasteiger partial charge in [-0.05, 0) is 37.7 Å². The molecule has 2 atom stereocenters. The summed E-state index contributed by atoms with van der Waals surface area (Å²) in [7, 11) is 0. The van der Waals surface area contributed by atoms with Gasteiger partial charge in [-0.3, -0.25) is 14.4 Å². The second-order valence-corrected chi connectivity index (χ2v) is 8.69. The molecule has 0 radical (unpaired) electrons. The molecule has 0 saturated carbocycles. The van der Waals surface area contributed by atoms with Gasteiger partial charge in [-0.15, -0.1) is 23.1 Å². The number of hydrogen-bond donors (Lipinski definition) is 4. The van der Waals surface area contributed by atoms with Gasteiger partial charge in [0.05, 0.1) is 11.3 Å². The van der Waals surface area contributed by atoms with E-state index in [-0.39, 0.29) is 16.9 Å². The highest BCUT2D eigenvalue weighted by atomic mass is 32.2. The van der Waals surface area contributed by atoms with E-state index in [4.69, 9.17) is 10.8 Å². The summed E-state index contributed by atoms with van der Waals surface area (Å²) in [6.07, 6.45) is 4.39. The van der Waals surface area contributed by atoms with Gasteiger partial charge in [0, 0.05) is 16.7 Å². The molecule has 1 aromatic heterocycles. The van der Waals surface area contributed by atoms with Crippen molar-refractivity contribution in [2.45, 2.75) is 43.4 Å². The Bertz CT molecular complexity index is 704. The third-order valence-corrected chi connectivity index (χ3v) is 6.98. The maximum Gasteiger partial charge on any atom is 0.320 e. The van der Waals surface area contributed by atoms with Crippen LogP contribution in [0, 0.1) is 0 Å². The Balaban J connectivity index is 1.59. The van der Waals surface area contributed by atoms with Gasteiger partial charge in [0.25, 0.3) is 5.91 Å². The second kappa shape index (κ2) is 7.76. The second-order valence-electron chi connectivity index (χ2n) is 6.30. The molecule has 2 unspecified atom stereocenters. The van der Waals surface area contributed by atoms with E-state index in [0.717, 1.165) is 36.1 Å². The number of nitrogens with two attached hydrogens (primary N) is 1. The molecular formula is C16H21N3O4S2. The molecular weight excluding hydrogens is 362 g/mol. The van der Waals surface area contributed by atoms with Crippen LogP contribution in [0.1, 0.15) is 40.1 Å². The standard InChI is InChI=1S/C16H21N3O4S2/c17-14(21)13-9-3-1-2-4-11(9)25-15(13)19-12(20)7-24-8-5-10(16(22)23)18-6-8/h8,10,18H,1-7H2,(H2,17,21)(H,19,20)(H,22,23). The third-order valence-electron chi connectivity index (χ3n) is 4.51. The zero-order valence-corrected chi connectivity index (χ0v) is 15.3. The van der Waals surface area contributed by atoms with E-state index < -0.39 is 17.9 Å². The molecule has 0 spiro atoms. The minimum Gasteiger partial charge on any atom is -0.480 e. The average Bonchev–Trinajstić information content (AvgIpc) is 3.17. The van der Waals surface area contributed by atoms with Crippen LogP contribution in [0.15, 0.2) is 0 Å². The van der Waals surface area contributed by atoms with Crippen molar-refractivity contribution in [2.75, 3.05) is 17.6 Å². The molecule has 3 rings (SSSR count). The zero-order valence-electron chi connectivity index (χ0n) is 13.7. The summed E-state index contributed by atoms with van der Waals surface area (Å²) < 4.78 is 0. The number of amides is 2. The number of hydrogen-bond acceptors (Lipinski definition) is 6. The summed E-state index contributed by atoms with van der Waals surface area (Å²) in [5.41, 5.74) is 6.98. The monoisotopic (exact) mass is 383 g/mol. The predicted octanol–water partition coefficient (Wildman–Crippen LogP) is 1.21. The first-order valence-corrected chi connectivity index (χ1v) is 10.1. The maximum atomic E-state index is 12.3. The topological polar surface area (TPSA) is 122 Å². The van der Waals surface area contributed by atoms with E-state index >= 15 is 0 Å². The van der Waals surface area contributed by atoms with Crippen LogP contribution < -0.4 is 16.4 Å². The van der Waals surface area contributed by atoms with Gasteiger partial charge in [-0.1, -0.05) is 0 Å². The smallest absolute Gasteiger partial charge is 0.320 e. The van der Waals surface area contributed by atoms with Crippen LogP contribution in [0.2, 0.25) is 0 Å². The Morgan fingerprint density at radius 2 is 2.08 bits per heavy atom. The van der Waals surface area contributed by atoms with Crippen molar-refractivity contribution in [1.29, 1.82) is 0 Å². The normalized spacial score (nSPS) is 22.4. The molecule has 2 heterocycles. The van der Waals surface area contributed by atoms with Crippen molar-refractivity contribution in [1.82, 2.24) is 5.32 Å². The minimum absolute atomic E-state index is 0.0963. The van der Waals surface area contributed by atoms with Crippen LogP contribution in [0.4, 0.5) is 5.00 Å². The van der Waals surface area contributed by atoms with E-state index in [0.29, 0.717) is 23.5 Å². The number of carboxylic acid groups (broad SMARTS) is 1. The van der Waals surface area contributed by atoms with E-state index in [2.05, 4.69) is 10.6 Å². The number of carboxylic acids is 1. The fraction of sp³-hybridized carbons (Fsp3) is 0.562. The number of thiophene rings is 1. The zero-order chi connectivity index (χ0) is 18.0. The van der Waals surface area contributed by atoms with Gasteiger partial charge >= 0.3 is 5.97 Å². The Labute approximate surface area is 153 Å². The summed E-state index contributed by atoms with van der Waals surface area (Å²) in [4.78, 5) is 36.1. The summed E-state index contributed by atoms with van der Waals surface area (Å²) in [5.74, 6) is -1.32. The lowest BCUT2D eigenvalue weighted by molar-refractivity contribution is -0.139. The van der Waals surface area contributed by atoms with Crippen LogP contribution in [-0.4, -0.2) is 46.5 Å². The molecule has 2 aliphatic rings. The van der Waals surface area contributed by atoms with Gasteiger partial charge in [-0.2, -0.15) is 0 Å². The third kappa shape index (κ3) is 4.16. The van der Waals surface area contributed by atoms with Crippen molar-refractivity contribution in [3.63, 3.8) is 0 Å². The summed E-state index contributed by atoms with van der Waals surface area (Å²) in [6.45, 7) is 0.578. The number of rotatable bonds is 6. The lowest BCUT2D eigenvalue weighted by Crippen LogP contribution is -2.29. The van der Waals surface area contributed by atoms with Crippen LogP contribution in [0.25, 0.3) is 0 Å². The molecule has 1 aromatic rings. The first-order valence-electron chi connectivity index (χ1n) is 8.27. The molecule has 2 amide bonds. The number of carbonyl (C=O) groups excluding carboxylic acids is 2. The molecule has 25 heavy (non-hydrogen) atoms. The molecule has 0 aromatic carbocycles. The molecule has 7 nitrogen and oxygen atoms in total. The highest BCUT2D eigenvalue weighted by Gasteiger charge is 2.30. The number of fused-ring (bicyclic) bond motifs is 1. The van der Waals surface area contributed by atoms with E-state index in [9.17, 15) is 14.4 Å². The number of aryl methyl sites for hydroxylation is 1. The van der Waals surface area contributed by atoms with E-state index in [1.807, 2.05) is 0 Å². The largest absolute Gasteiger partial charge is 0.480 e. The molecule has 0 bridgehead atoms. The fourth-order valence-electron chi connectivity index (χ4n) is 3.29. The number of thioether (sulfide) groups is 1. The summed E-state index contributed by atoms with van der Waals surface area (Å²) in [5, 5.41) is 15.4. The van der Waals surface area contributed by atoms with Crippen molar-refractivity contribution < 1.29 is 19.5 Å². The lowest BCUT2D eigenvalue weighted by atomic mass is 9.95. The average molecular weight is 383 g/mol. The van der Waals surface area contributed by atoms with Crippen molar-refractivity contribution in [2.24, 2.45) is 5.73 Å². The summed E-state index contributed by atoms with van der Waals surface area (Å²) in [6, 6.07) is -0.536. The van der Waals surface area contributed by atoms with Crippen LogP contribution >= 0.6 is 23.1 Å². The van der Waals surface area contributed by atoms with Gasteiger partial charge in [-0.25, -0.2) is 0 Å². The molecule has 1 fully saturated rings. The number of primary amides is 1. The minimum atomic E-state index is -0.859. The molecule has 136 valence electrons. The molecule has 9 heteroatoms. The van der Waals surface area contributed by atoms with Gasteiger partial charge in [0.15, 0.2) is 0 Å². The Morgan fingerprint density at radius 3 is 2.76 bits per heavy atom. The molecule has 1 aliphatic carbocycles. The molecule has 1 saturated heterocycles. The maximum absolute atomic E-state index is 12.3. The summed E-state index contributed by atoms with van der Waals surface area (Å²) >= 11 is 2.88.